The minimum atomic E-state index is 0.0120. The van der Waals surface area contributed by atoms with Crippen molar-refractivity contribution in [3.63, 3.8) is 0 Å². The van der Waals surface area contributed by atoms with Crippen molar-refractivity contribution in [2.45, 2.75) is 33.4 Å². The number of aryl methyl sites for hydroxylation is 2. The second kappa shape index (κ2) is 9.78. The van der Waals surface area contributed by atoms with Crippen molar-refractivity contribution in [1.82, 2.24) is 20.9 Å². The molecule has 7 heteroatoms. The van der Waals surface area contributed by atoms with Crippen LogP contribution in [0, 0.1) is 13.8 Å². The molecular formula is C18H25N5OS. The van der Waals surface area contributed by atoms with Gasteiger partial charge >= 0.3 is 0 Å². The molecule has 1 amide bonds. The molecule has 0 aliphatic carbocycles. The number of benzene rings is 1. The van der Waals surface area contributed by atoms with Crippen LogP contribution >= 0.6 is 11.3 Å². The summed E-state index contributed by atoms with van der Waals surface area (Å²) < 4.78 is 0. The number of carbonyl (C=O) groups excluding carboxylic acids is 1. The normalized spacial score (nSPS) is 11.2. The Morgan fingerprint density at radius 2 is 1.88 bits per heavy atom. The Bertz CT molecular complexity index is 692. The van der Waals surface area contributed by atoms with Gasteiger partial charge in [-0.1, -0.05) is 30.3 Å². The van der Waals surface area contributed by atoms with E-state index in [0.29, 0.717) is 32.0 Å². The molecule has 2 rings (SSSR count). The number of aromatic nitrogens is 1. The van der Waals surface area contributed by atoms with Crippen molar-refractivity contribution in [3.8, 4) is 0 Å². The summed E-state index contributed by atoms with van der Waals surface area (Å²) in [6.45, 7) is 5.78. The number of hydrogen-bond acceptors (Lipinski definition) is 4. The summed E-state index contributed by atoms with van der Waals surface area (Å²) in [5, 5.41) is 10.3. The number of carbonyl (C=O) groups is 1. The standard InChI is InChI=1S/C18H25N5OS/c1-13-14(2)25-17(23-13)12-22-18(19-3)20-10-9-16(24)21-11-15-7-5-4-6-8-15/h4-8H,9-12H2,1-3H3,(H,21,24)(H2,19,20,22). The first-order valence-corrected chi connectivity index (χ1v) is 9.08. The van der Waals surface area contributed by atoms with Gasteiger partial charge in [-0.2, -0.15) is 0 Å². The fourth-order valence-electron chi connectivity index (χ4n) is 2.17. The third kappa shape index (κ3) is 6.54. The first-order valence-electron chi connectivity index (χ1n) is 8.26. The van der Waals surface area contributed by atoms with Gasteiger partial charge in [-0.3, -0.25) is 9.79 Å². The van der Waals surface area contributed by atoms with Crippen LogP contribution in [0.2, 0.25) is 0 Å². The summed E-state index contributed by atoms with van der Waals surface area (Å²) >= 11 is 1.68. The van der Waals surface area contributed by atoms with Crippen LogP contribution in [0.5, 0.6) is 0 Å². The van der Waals surface area contributed by atoms with Crippen molar-refractivity contribution in [2.75, 3.05) is 13.6 Å². The van der Waals surface area contributed by atoms with Crippen LogP contribution in [0.1, 0.15) is 27.6 Å². The predicted molar refractivity (Wildman–Crippen MR) is 103 cm³/mol. The molecule has 25 heavy (non-hydrogen) atoms. The third-order valence-electron chi connectivity index (χ3n) is 3.68. The van der Waals surface area contributed by atoms with E-state index in [2.05, 4.69) is 32.9 Å². The number of aliphatic imine (C=N–C) groups is 1. The Morgan fingerprint density at radius 1 is 1.12 bits per heavy atom. The minimum absolute atomic E-state index is 0.0120. The summed E-state index contributed by atoms with van der Waals surface area (Å²) in [6.07, 6.45) is 0.392. The molecule has 0 fully saturated rings. The summed E-state index contributed by atoms with van der Waals surface area (Å²) in [5.74, 6) is 0.680. The second-order valence-corrected chi connectivity index (χ2v) is 6.90. The van der Waals surface area contributed by atoms with Gasteiger partial charge in [0.05, 0.1) is 12.2 Å². The van der Waals surface area contributed by atoms with Gasteiger partial charge in [-0.15, -0.1) is 11.3 Å². The Morgan fingerprint density at radius 3 is 2.52 bits per heavy atom. The molecule has 1 aromatic carbocycles. The molecule has 2 aromatic rings. The highest BCUT2D eigenvalue weighted by molar-refractivity contribution is 7.11. The van der Waals surface area contributed by atoms with E-state index in [9.17, 15) is 4.79 Å². The van der Waals surface area contributed by atoms with Crippen LogP contribution in [0.3, 0.4) is 0 Å². The lowest BCUT2D eigenvalue weighted by atomic mass is 10.2. The van der Waals surface area contributed by atoms with E-state index in [0.717, 1.165) is 16.3 Å². The molecule has 3 N–H and O–H groups in total. The van der Waals surface area contributed by atoms with E-state index >= 15 is 0 Å². The van der Waals surface area contributed by atoms with E-state index in [4.69, 9.17) is 0 Å². The van der Waals surface area contributed by atoms with Crippen molar-refractivity contribution >= 4 is 23.2 Å². The van der Waals surface area contributed by atoms with Gasteiger partial charge in [-0.25, -0.2) is 4.98 Å². The molecule has 1 heterocycles. The molecular weight excluding hydrogens is 334 g/mol. The molecule has 134 valence electrons. The van der Waals surface area contributed by atoms with Gasteiger partial charge in [0, 0.05) is 31.4 Å². The van der Waals surface area contributed by atoms with E-state index in [1.165, 1.54) is 4.88 Å². The Kier molecular flexibility index (Phi) is 7.40. The van der Waals surface area contributed by atoms with Gasteiger partial charge < -0.3 is 16.0 Å². The molecule has 0 atom stereocenters. The van der Waals surface area contributed by atoms with Crippen LogP contribution in [-0.4, -0.2) is 30.4 Å². The highest BCUT2D eigenvalue weighted by atomic mass is 32.1. The summed E-state index contributed by atoms with van der Waals surface area (Å²) in [4.78, 5) is 21.8. The molecule has 0 saturated carbocycles. The molecule has 0 saturated heterocycles. The molecule has 0 aliphatic rings. The molecule has 1 aromatic heterocycles. The fraction of sp³-hybridized carbons (Fsp3) is 0.389. The van der Waals surface area contributed by atoms with E-state index in [-0.39, 0.29) is 5.91 Å². The van der Waals surface area contributed by atoms with Crippen LogP contribution in [-0.2, 0) is 17.9 Å². The van der Waals surface area contributed by atoms with E-state index in [1.807, 2.05) is 37.3 Å². The first-order chi connectivity index (χ1) is 12.1. The van der Waals surface area contributed by atoms with Crippen LogP contribution in [0.25, 0.3) is 0 Å². The zero-order valence-electron chi connectivity index (χ0n) is 14.9. The second-order valence-electron chi connectivity index (χ2n) is 5.61. The van der Waals surface area contributed by atoms with Crippen LogP contribution in [0.4, 0.5) is 0 Å². The lowest BCUT2D eigenvalue weighted by molar-refractivity contribution is -0.121. The number of amides is 1. The molecule has 6 nitrogen and oxygen atoms in total. The number of nitrogens with zero attached hydrogens (tertiary/aromatic N) is 2. The number of hydrogen-bond donors (Lipinski definition) is 3. The van der Waals surface area contributed by atoms with Crippen LogP contribution < -0.4 is 16.0 Å². The largest absolute Gasteiger partial charge is 0.356 e. The van der Waals surface area contributed by atoms with Gasteiger partial charge in [-0.05, 0) is 19.4 Å². The lowest BCUT2D eigenvalue weighted by Gasteiger charge is -2.11. The summed E-state index contributed by atoms with van der Waals surface area (Å²) in [6, 6.07) is 9.87. The molecule has 0 bridgehead atoms. The minimum Gasteiger partial charge on any atom is -0.356 e. The maximum atomic E-state index is 11.9. The highest BCUT2D eigenvalue weighted by Crippen LogP contribution is 2.15. The van der Waals surface area contributed by atoms with Gasteiger partial charge in [0.2, 0.25) is 5.91 Å². The van der Waals surface area contributed by atoms with Crippen molar-refractivity contribution in [1.29, 1.82) is 0 Å². The van der Waals surface area contributed by atoms with E-state index in [1.54, 1.807) is 18.4 Å². The SMILES string of the molecule is CN=C(NCCC(=O)NCc1ccccc1)NCc1nc(C)c(C)s1. The van der Waals surface area contributed by atoms with Crippen molar-refractivity contribution in [2.24, 2.45) is 4.99 Å². The van der Waals surface area contributed by atoms with Crippen molar-refractivity contribution < 1.29 is 4.79 Å². The lowest BCUT2D eigenvalue weighted by Crippen LogP contribution is -2.38. The van der Waals surface area contributed by atoms with Gasteiger partial charge in [0.25, 0.3) is 0 Å². The molecule has 0 spiro atoms. The number of thiazole rings is 1. The highest BCUT2D eigenvalue weighted by Gasteiger charge is 2.06. The first kappa shape index (κ1) is 18.9. The Balaban J connectivity index is 1.65. The summed E-state index contributed by atoms with van der Waals surface area (Å²) in [5.41, 5.74) is 2.16. The predicted octanol–water partition coefficient (Wildman–Crippen LogP) is 2.13. The fourth-order valence-corrected chi connectivity index (χ4v) is 3.05. The monoisotopic (exact) mass is 359 g/mol. The average Bonchev–Trinajstić information content (AvgIpc) is 2.95. The smallest absolute Gasteiger partial charge is 0.222 e. The number of nitrogens with one attached hydrogen (secondary N) is 3. The number of guanidine groups is 1. The zero-order chi connectivity index (χ0) is 18.1. The van der Waals surface area contributed by atoms with E-state index < -0.39 is 0 Å². The quantitative estimate of drug-likeness (QED) is 0.523. The molecule has 0 radical (unpaired) electrons. The zero-order valence-corrected chi connectivity index (χ0v) is 15.7. The Labute approximate surface area is 152 Å². The number of rotatable bonds is 7. The maximum absolute atomic E-state index is 11.9. The molecule has 0 unspecified atom stereocenters. The third-order valence-corrected chi connectivity index (χ3v) is 4.75. The topological polar surface area (TPSA) is 78.4 Å². The summed E-state index contributed by atoms with van der Waals surface area (Å²) in [7, 11) is 1.71. The van der Waals surface area contributed by atoms with Crippen molar-refractivity contribution in [3.05, 3.63) is 51.5 Å². The average molecular weight is 359 g/mol. The Hall–Kier alpha value is -2.41. The molecule has 0 aliphatic heterocycles. The van der Waals surface area contributed by atoms with Crippen LogP contribution in [0.15, 0.2) is 35.3 Å². The van der Waals surface area contributed by atoms with Gasteiger partial charge in [0.1, 0.15) is 5.01 Å². The maximum Gasteiger partial charge on any atom is 0.222 e. The van der Waals surface area contributed by atoms with Gasteiger partial charge in [0.15, 0.2) is 5.96 Å².